The molecule has 0 unspecified atom stereocenters. The van der Waals surface area contributed by atoms with Crippen LogP contribution in [-0.2, 0) is 19.2 Å². The maximum atomic E-state index is 13.1. The normalized spacial score (nSPS) is 11.7. The molecule has 180 valence electrons. The van der Waals surface area contributed by atoms with Gasteiger partial charge in [0.15, 0.2) is 0 Å². The standard InChI is InChI=1S/C25H21F3N4O2S/c1-33-21-12-11-18(15-29-32-23(25(26,27)28)30-31-24(32)35)14-20(21)16-34-22-10-6-5-9-19(22)13-17-7-3-2-4-8-17/h2-12,14-15H,13,16H2,1H3,(H,31,35)/b29-15+. The first-order valence-electron chi connectivity index (χ1n) is 10.6. The molecule has 1 N–H and O–H groups in total. The van der Waals surface area contributed by atoms with Gasteiger partial charge in [0.1, 0.15) is 18.1 Å². The van der Waals surface area contributed by atoms with E-state index in [0.717, 1.165) is 16.9 Å². The van der Waals surface area contributed by atoms with Crippen LogP contribution in [0.4, 0.5) is 13.2 Å². The number of hydrogen-bond donors (Lipinski definition) is 1. The second kappa shape index (κ2) is 10.6. The molecule has 0 aliphatic carbocycles. The lowest BCUT2D eigenvalue weighted by molar-refractivity contribution is -0.147. The molecule has 0 radical (unpaired) electrons. The Kier molecular flexibility index (Phi) is 7.31. The predicted molar refractivity (Wildman–Crippen MR) is 128 cm³/mol. The molecule has 0 aliphatic rings. The molecule has 0 saturated carbocycles. The van der Waals surface area contributed by atoms with Crippen molar-refractivity contribution in [3.05, 3.63) is 106 Å². The molecule has 10 heteroatoms. The van der Waals surface area contributed by atoms with Gasteiger partial charge in [-0.3, -0.25) is 0 Å². The van der Waals surface area contributed by atoms with Gasteiger partial charge < -0.3 is 9.47 Å². The summed E-state index contributed by atoms with van der Waals surface area (Å²) in [7, 11) is 1.54. The molecule has 0 fully saturated rings. The Hall–Kier alpha value is -3.92. The highest BCUT2D eigenvalue weighted by atomic mass is 32.1. The van der Waals surface area contributed by atoms with Crippen LogP contribution in [0.5, 0.6) is 11.5 Å². The Morgan fingerprint density at radius 3 is 2.49 bits per heavy atom. The van der Waals surface area contributed by atoms with Crippen molar-refractivity contribution in [3.63, 3.8) is 0 Å². The summed E-state index contributed by atoms with van der Waals surface area (Å²) in [6.45, 7) is 0.190. The van der Waals surface area contributed by atoms with Crippen LogP contribution in [0.15, 0.2) is 77.9 Å². The lowest BCUT2D eigenvalue weighted by Crippen LogP contribution is -2.12. The van der Waals surface area contributed by atoms with Crippen LogP contribution < -0.4 is 9.47 Å². The summed E-state index contributed by atoms with van der Waals surface area (Å²) in [5.74, 6) is 0.0847. The average Bonchev–Trinajstić information content (AvgIpc) is 3.23. The van der Waals surface area contributed by atoms with Gasteiger partial charge in [-0.2, -0.15) is 22.9 Å². The maximum absolute atomic E-state index is 13.1. The highest BCUT2D eigenvalue weighted by Crippen LogP contribution is 2.28. The van der Waals surface area contributed by atoms with Gasteiger partial charge in [-0.05, 0) is 53.2 Å². The molecule has 1 heterocycles. The summed E-state index contributed by atoms with van der Waals surface area (Å²) in [6.07, 6.45) is -2.71. The SMILES string of the molecule is COc1ccc(/C=N/n2c(C(F)(F)F)n[nH]c2=S)cc1COc1ccccc1Cc1ccccc1. The van der Waals surface area contributed by atoms with Crippen molar-refractivity contribution in [3.8, 4) is 11.5 Å². The molecule has 1 aromatic heterocycles. The van der Waals surface area contributed by atoms with Crippen molar-refractivity contribution >= 4 is 18.4 Å². The third-order valence-electron chi connectivity index (χ3n) is 5.12. The van der Waals surface area contributed by atoms with Crippen molar-refractivity contribution in [2.24, 2.45) is 5.10 Å². The topological polar surface area (TPSA) is 64.4 Å². The van der Waals surface area contributed by atoms with Crippen molar-refractivity contribution < 1.29 is 22.6 Å². The highest BCUT2D eigenvalue weighted by molar-refractivity contribution is 7.71. The van der Waals surface area contributed by atoms with E-state index < -0.39 is 12.0 Å². The number of rotatable bonds is 8. The minimum atomic E-state index is -4.70. The Bertz CT molecular complexity index is 1380. The quantitative estimate of drug-likeness (QED) is 0.238. The van der Waals surface area contributed by atoms with E-state index in [0.29, 0.717) is 28.0 Å². The number of aromatic nitrogens is 3. The molecule has 35 heavy (non-hydrogen) atoms. The highest BCUT2D eigenvalue weighted by Gasteiger charge is 2.37. The summed E-state index contributed by atoms with van der Waals surface area (Å²) >= 11 is 4.87. The van der Waals surface area contributed by atoms with Crippen LogP contribution >= 0.6 is 12.2 Å². The number of para-hydroxylation sites is 1. The van der Waals surface area contributed by atoms with Crippen LogP contribution in [0.1, 0.15) is 28.1 Å². The van der Waals surface area contributed by atoms with Crippen LogP contribution in [-0.4, -0.2) is 28.2 Å². The molecule has 0 spiro atoms. The molecule has 0 bridgehead atoms. The van der Waals surface area contributed by atoms with E-state index in [-0.39, 0.29) is 11.4 Å². The maximum Gasteiger partial charge on any atom is 0.453 e. The fraction of sp³-hybridized carbons (Fsp3) is 0.160. The number of methoxy groups -OCH3 is 1. The van der Waals surface area contributed by atoms with Gasteiger partial charge in [0.25, 0.3) is 5.82 Å². The summed E-state index contributed by atoms with van der Waals surface area (Å²) in [4.78, 5) is 0. The number of hydrogen-bond acceptors (Lipinski definition) is 5. The average molecular weight is 499 g/mol. The second-order valence-electron chi connectivity index (χ2n) is 7.54. The summed E-state index contributed by atoms with van der Waals surface area (Å²) in [6, 6.07) is 22.9. The first-order valence-corrected chi connectivity index (χ1v) is 11.0. The van der Waals surface area contributed by atoms with E-state index in [2.05, 4.69) is 27.4 Å². The van der Waals surface area contributed by atoms with Crippen molar-refractivity contribution in [2.75, 3.05) is 7.11 Å². The minimum absolute atomic E-state index is 0.190. The van der Waals surface area contributed by atoms with Crippen LogP contribution in [0.3, 0.4) is 0 Å². The van der Waals surface area contributed by atoms with Crippen LogP contribution in [0, 0.1) is 4.77 Å². The molecule has 6 nitrogen and oxygen atoms in total. The summed E-state index contributed by atoms with van der Waals surface area (Å²) in [5.41, 5.74) is 3.44. The van der Waals surface area contributed by atoms with Crippen molar-refractivity contribution in [1.29, 1.82) is 0 Å². The number of ether oxygens (including phenoxy) is 2. The zero-order chi connectivity index (χ0) is 24.8. The van der Waals surface area contributed by atoms with Crippen molar-refractivity contribution in [1.82, 2.24) is 14.9 Å². The van der Waals surface area contributed by atoms with Crippen LogP contribution in [0.25, 0.3) is 0 Å². The van der Waals surface area contributed by atoms with Gasteiger partial charge in [0.2, 0.25) is 4.77 Å². The summed E-state index contributed by atoms with van der Waals surface area (Å²) in [5, 5.41) is 9.20. The first-order chi connectivity index (χ1) is 16.8. The van der Waals surface area contributed by atoms with E-state index in [4.69, 9.17) is 21.7 Å². The number of nitrogens with zero attached hydrogens (tertiary/aromatic N) is 3. The first kappa shape index (κ1) is 24.2. The van der Waals surface area contributed by atoms with Gasteiger partial charge in [-0.1, -0.05) is 48.5 Å². The van der Waals surface area contributed by atoms with E-state index in [1.54, 1.807) is 18.2 Å². The third kappa shape index (κ3) is 5.96. The largest absolute Gasteiger partial charge is 0.496 e. The second-order valence-corrected chi connectivity index (χ2v) is 7.92. The van der Waals surface area contributed by atoms with Gasteiger partial charge in [0, 0.05) is 12.0 Å². The fourth-order valence-electron chi connectivity index (χ4n) is 3.46. The fourth-order valence-corrected chi connectivity index (χ4v) is 3.64. The smallest absolute Gasteiger partial charge is 0.453 e. The van der Waals surface area contributed by atoms with E-state index >= 15 is 0 Å². The van der Waals surface area contributed by atoms with Gasteiger partial charge in [-0.15, -0.1) is 5.10 Å². The molecule has 4 rings (SSSR count). The minimum Gasteiger partial charge on any atom is -0.496 e. The molecule has 4 aromatic rings. The number of nitrogens with one attached hydrogen (secondary N) is 1. The molecular formula is C25H21F3N4O2S. The molecule has 3 aromatic carbocycles. The molecule has 0 amide bonds. The Balaban J connectivity index is 1.55. The number of benzene rings is 3. The Morgan fingerprint density at radius 2 is 1.74 bits per heavy atom. The van der Waals surface area contributed by atoms with Gasteiger partial charge in [-0.25, -0.2) is 5.10 Å². The zero-order valence-electron chi connectivity index (χ0n) is 18.6. The third-order valence-corrected chi connectivity index (χ3v) is 5.39. The lowest BCUT2D eigenvalue weighted by Gasteiger charge is -2.14. The molecule has 0 saturated heterocycles. The summed E-state index contributed by atoms with van der Waals surface area (Å²) < 4.78 is 51.2. The Morgan fingerprint density at radius 1 is 1.00 bits per heavy atom. The zero-order valence-corrected chi connectivity index (χ0v) is 19.4. The Labute approximate surface area is 204 Å². The van der Waals surface area contributed by atoms with Crippen molar-refractivity contribution in [2.45, 2.75) is 19.2 Å². The van der Waals surface area contributed by atoms with E-state index in [1.165, 1.54) is 13.3 Å². The number of H-pyrrole nitrogens is 1. The van der Waals surface area contributed by atoms with Gasteiger partial charge in [0.05, 0.1) is 13.3 Å². The molecule has 0 aliphatic heterocycles. The number of aromatic amines is 1. The van der Waals surface area contributed by atoms with Gasteiger partial charge >= 0.3 is 6.18 Å². The van der Waals surface area contributed by atoms with E-state index in [9.17, 15) is 13.2 Å². The predicted octanol–water partition coefficient (Wildman–Crippen LogP) is 6.02. The molecule has 0 atom stereocenters. The molecular weight excluding hydrogens is 477 g/mol. The lowest BCUT2D eigenvalue weighted by atomic mass is 10.0. The monoisotopic (exact) mass is 498 g/mol. The van der Waals surface area contributed by atoms with Crippen LogP contribution in [0.2, 0.25) is 0 Å². The van der Waals surface area contributed by atoms with E-state index in [1.807, 2.05) is 42.5 Å². The number of alkyl halides is 3. The number of halogens is 3.